The van der Waals surface area contributed by atoms with E-state index in [1.165, 1.54) is 31.2 Å². The first-order valence-corrected chi connectivity index (χ1v) is 10.9. The number of benzene rings is 3. The number of carbonyl (C=O) groups excluding carboxylic acids is 1. The molecule has 3 N–H and O–H groups in total. The smallest absolute Gasteiger partial charge is 0.336 e. The molecule has 0 bridgehead atoms. The van der Waals surface area contributed by atoms with E-state index in [0.717, 1.165) is 5.56 Å². The van der Waals surface area contributed by atoms with E-state index >= 15 is 0 Å². The van der Waals surface area contributed by atoms with Gasteiger partial charge in [-0.2, -0.15) is 0 Å². The summed E-state index contributed by atoms with van der Waals surface area (Å²) in [5.74, 6) is -1.46. The first kappa shape index (κ1) is 23.6. The Labute approximate surface area is 200 Å². The average Bonchev–Trinajstić information content (AvgIpc) is 2.84. The van der Waals surface area contributed by atoms with Gasteiger partial charge in [0, 0.05) is 23.9 Å². The zero-order chi connectivity index (χ0) is 24.9. The van der Waals surface area contributed by atoms with Crippen molar-refractivity contribution in [1.82, 2.24) is 5.32 Å². The number of carboxylic acid groups (broad SMARTS) is 1. The molecule has 0 fully saturated rings. The molecule has 0 aliphatic carbocycles. The van der Waals surface area contributed by atoms with Gasteiger partial charge < -0.3 is 24.7 Å². The highest BCUT2D eigenvalue weighted by atomic mass is 16.5. The second-order valence-corrected chi connectivity index (χ2v) is 8.03. The molecule has 0 saturated heterocycles. The second kappa shape index (κ2) is 10.1. The Balaban J connectivity index is 1.50. The molecule has 0 saturated carbocycles. The van der Waals surface area contributed by atoms with Crippen molar-refractivity contribution in [3.8, 4) is 22.6 Å². The summed E-state index contributed by atoms with van der Waals surface area (Å²) in [7, 11) is 0. The maximum Gasteiger partial charge on any atom is 0.336 e. The Morgan fingerprint density at radius 3 is 2.40 bits per heavy atom. The fraction of sp³-hybridized carbons (Fsp3) is 0.148. The number of hydrogen-bond donors (Lipinski definition) is 3. The van der Waals surface area contributed by atoms with Crippen molar-refractivity contribution < 1.29 is 29.0 Å². The number of hydrogen-bond acceptors (Lipinski definition) is 6. The van der Waals surface area contributed by atoms with E-state index in [4.69, 9.17) is 9.15 Å². The highest BCUT2D eigenvalue weighted by molar-refractivity contribution is 5.94. The molecule has 3 aromatic carbocycles. The summed E-state index contributed by atoms with van der Waals surface area (Å²) in [4.78, 5) is 36.5. The van der Waals surface area contributed by atoms with Gasteiger partial charge in [0.2, 0.25) is 0 Å². The molecule has 1 heterocycles. The summed E-state index contributed by atoms with van der Waals surface area (Å²) in [6, 6.07) is 20.7. The molecular weight excluding hydrogens is 450 g/mol. The SMILES string of the molecule is CC(Oc1ccc2c(-c3ccccc3)cc(=O)oc2c1)C(=O)N[C@H](Cc1ccc(O)cc1)C(=O)O. The van der Waals surface area contributed by atoms with Crippen LogP contribution in [0.3, 0.4) is 0 Å². The molecule has 4 aromatic rings. The second-order valence-electron chi connectivity index (χ2n) is 8.03. The number of amides is 1. The summed E-state index contributed by atoms with van der Waals surface area (Å²) in [6.45, 7) is 1.50. The third kappa shape index (κ3) is 5.67. The quantitative estimate of drug-likeness (QED) is 0.333. The Morgan fingerprint density at radius 2 is 1.71 bits per heavy atom. The standard InChI is InChI=1S/C27H23NO7/c1-16(26(31)28-23(27(32)33)13-17-7-9-19(29)10-8-17)34-20-11-12-21-22(18-5-3-2-4-6-18)15-25(30)35-24(21)14-20/h2-12,14-16,23,29H,13H2,1H3,(H,28,31)(H,32,33)/t16?,23-/m1/s1. The van der Waals surface area contributed by atoms with E-state index in [1.807, 2.05) is 30.3 Å². The maximum atomic E-state index is 12.7. The third-order valence-electron chi connectivity index (χ3n) is 5.47. The summed E-state index contributed by atoms with van der Waals surface area (Å²) in [5.41, 5.74) is 2.01. The number of phenolic OH excluding ortho intramolecular Hbond substituents is 1. The topological polar surface area (TPSA) is 126 Å². The highest BCUT2D eigenvalue weighted by Crippen LogP contribution is 2.29. The van der Waals surface area contributed by atoms with Crippen LogP contribution in [0.2, 0.25) is 0 Å². The molecule has 178 valence electrons. The third-order valence-corrected chi connectivity index (χ3v) is 5.47. The largest absolute Gasteiger partial charge is 0.508 e. The molecule has 1 amide bonds. The molecule has 8 heteroatoms. The van der Waals surface area contributed by atoms with Crippen LogP contribution in [0, 0.1) is 0 Å². The van der Waals surface area contributed by atoms with Crippen LogP contribution in [-0.2, 0) is 16.0 Å². The average molecular weight is 473 g/mol. The van der Waals surface area contributed by atoms with Crippen molar-refractivity contribution >= 4 is 22.8 Å². The number of carbonyl (C=O) groups is 2. The minimum absolute atomic E-state index is 0.0392. The van der Waals surface area contributed by atoms with Crippen molar-refractivity contribution in [1.29, 1.82) is 0 Å². The van der Waals surface area contributed by atoms with Gasteiger partial charge in [0.25, 0.3) is 5.91 Å². The number of nitrogens with one attached hydrogen (secondary N) is 1. The maximum absolute atomic E-state index is 12.7. The summed E-state index contributed by atoms with van der Waals surface area (Å²) >= 11 is 0. The highest BCUT2D eigenvalue weighted by Gasteiger charge is 2.24. The summed E-state index contributed by atoms with van der Waals surface area (Å²) in [5, 5.41) is 22.1. The molecule has 2 atom stereocenters. The molecule has 1 unspecified atom stereocenters. The molecule has 1 aromatic heterocycles. The molecule has 0 aliphatic heterocycles. The molecule has 0 spiro atoms. The predicted octanol–water partition coefficient (Wildman–Crippen LogP) is 3.75. The van der Waals surface area contributed by atoms with Gasteiger partial charge in [-0.25, -0.2) is 9.59 Å². The molecular formula is C27H23NO7. The van der Waals surface area contributed by atoms with E-state index in [2.05, 4.69) is 5.32 Å². The molecule has 0 aliphatic rings. The van der Waals surface area contributed by atoms with Crippen LogP contribution in [0.5, 0.6) is 11.5 Å². The Morgan fingerprint density at radius 1 is 1.00 bits per heavy atom. The number of aromatic hydroxyl groups is 1. The normalized spacial score (nSPS) is 12.6. The zero-order valence-corrected chi connectivity index (χ0v) is 18.8. The van der Waals surface area contributed by atoms with Gasteiger partial charge in [0.15, 0.2) is 6.10 Å². The Kier molecular flexibility index (Phi) is 6.82. The zero-order valence-electron chi connectivity index (χ0n) is 18.8. The van der Waals surface area contributed by atoms with Crippen molar-refractivity contribution in [2.45, 2.75) is 25.5 Å². The van der Waals surface area contributed by atoms with Crippen molar-refractivity contribution in [2.75, 3.05) is 0 Å². The van der Waals surface area contributed by atoms with Crippen molar-refractivity contribution in [2.24, 2.45) is 0 Å². The van der Waals surface area contributed by atoms with Gasteiger partial charge in [-0.15, -0.1) is 0 Å². The van der Waals surface area contributed by atoms with Gasteiger partial charge in [0.1, 0.15) is 23.1 Å². The van der Waals surface area contributed by atoms with Crippen molar-refractivity contribution in [3.63, 3.8) is 0 Å². The van der Waals surface area contributed by atoms with Crippen LogP contribution in [0.25, 0.3) is 22.1 Å². The minimum Gasteiger partial charge on any atom is -0.508 e. The van der Waals surface area contributed by atoms with Gasteiger partial charge in [-0.1, -0.05) is 42.5 Å². The van der Waals surface area contributed by atoms with E-state index < -0.39 is 29.6 Å². The van der Waals surface area contributed by atoms with Crippen LogP contribution in [-0.4, -0.2) is 34.2 Å². The first-order chi connectivity index (χ1) is 16.8. The van der Waals surface area contributed by atoms with E-state index in [1.54, 1.807) is 24.3 Å². The number of ether oxygens (including phenoxy) is 1. The molecule has 35 heavy (non-hydrogen) atoms. The van der Waals surface area contributed by atoms with Crippen LogP contribution in [0.4, 0.5) is 0 Å². The fourth-order valence-electron chi connectivity index (χ4n) is 3.69. The van der Waals surface area contributed by atoms with E-state index in [0.29, 0.717) is 27.8 Å². The number of rotatable bonds is 8. The number of carboxylic acids is 1. The monoisotopic (exact) mass is 473 g/mol. The van der Waals surface area contributed by atoms with Crippen molar-refractivity contribution in [3.05, 3.63) is 94.8 Å². The number of phenols is 1. The fourth-order valence-corrected chi connectivity index (χ4v) is 3.69. The lowest BCUT2D eigenvalue weighted by molar-refractivity contribution is -0.142. The van der Waals surface area contributed by atoms with Crippen LogP contribution in [0.1, 0.15) is 12.5 Å². The Hall–Kier alpha value is -4.59. The first-order valence-electron chi connectivity index (χ1n) is 10.9. The van der Waals surface area contributed by atoms with E-state index in [-0.39, 0.29) is 12.2 Å². The van der Waals surface area contributed by atoms with Crippen LogP contribution in [0.15, 0.2) is 88.1 Å². The molecule has 0 radical (unpaired) electrons. The van der Waals surface area contributed by atoms with Gasteiger partial charge in [-0.05, 0) is 47.9 Å². The summed E-state index contributed by atoms with van der Waals surface area (Å²) in [6.07, 6.45) is -0.976. The van der Waals surface area contributed by atoms with Crippen LogP contribution >= 0.6 is 0 Å². The van der Waals surface area contributed by atoms with Crippen LogP contribution < -0.4 is 15.7 Å². The number of fused-ring (bicyclic) bond motifs is 1. The van der Waals surface area contributed by atoms with Gasteiger partial charge >= 0.3 is 11.6 Å². The Bertz CT molecular complexity index is 1410. The minimum atomic E-state index is -1.19. The van der Waals surface area contributed by atoms with Gasteiger partial charge in [-0.3, -0.25) is 4.79 Å². The van der Waals surface area contributed by atoms with Gasteiger partial charge in [0.05, 0.1) is 0 Å². The lowest BCUT2D eigenvalue weighted by Gasteiger charge is -2.19. The predicted molar refractivity (Wildman–Crippen MR) is 129 cm³/mol. The number of aliphatic carboxylic acids is 1. The molecule has 4 rings (SSSR count). The van der Waals surface area contributed by atoms with E-state index in [9.17, 15) is 24.6 Å². The lowest BCUT2D eigenvalue weighted by Crippen LogP contribution is -2.47. The summed E-state index contributed by atoms with van der Waals surface area (Å²) < 4.78 is 11.1. The lowest BCUT2D eigenvalue weighted by atomic mass is 10.0. The molecule has 8 nitrogen and oxygen atoms in total.